The van der Waals surface area contributed by atoms with Gasteiger partial charge in [-0.05, 0) is 25.3 Å². The van der Waals surface area contributed by atoms with Crippen molar-refractivity contribution in [1.82, 2.24) is 5.32 Å². The highest BCUT2D eigenvalue weighted by Crippen LogP contribution is 2.40. The standard InChI is InChI=1S/C21H25ClN2O6/c1-12(2)11-30-21(26)18-14(4)23-13(3)17(20(25)29-9-8-22)19(18)15-6-5-7-16(10-15)24(27)28/h5-7,10,12,19,23H,8-9,11H2,1-4H3. The van der Waals surface area contributed by atoms with Crippen LogP contribution in [0.2, 0.25) is 0 Å². The van der Waals surface area contributed by atoms with Gasteiger partial charge in [-0.25, -0.2) is 9.59 Å². The maximum absolute atomic E-state index is 13.0. The minimum Gasteiger partial charge on any atom is -0.462 e. The fourth-order valence-corrected chi connectivity index (χ4v) is 3.29. The first-order valence-corrected chi connectivity index (χ1v) is 10.0. The molecule has 1 atom stereocenters. The molecule has 0 bridgehead atoms. The normalized spacial score (nSPS) is 16.4. The van der Waals surface area contributed by atoms with Crippen molar-refractivity contribution < 1.29 is 24.0 Å². The van der Waals surface area contributed by atoms with Gasteiger partial charge in [0, 0.05) is 23.5 Å². The minimum atomic E-state index is -0.881. The Labute approximate surface area is 180 Å². The van der Waals surface area contributed by atoms with Crippen LogP contribution in [0.15, 0.2) is 46.8 Å². The van der Waals surface area contributed by atoms with Crippen molar-refractivity contribution in [3.05, 3.63) is 62.5 Å². The van der Waals surface area contributed by atoms with E-state index < -0.39 is 22.8 Å². The molecule has 1 aliphatic rings. The summed E-state index contributed by atoms with van der Waals surface area (Å²) in [6, 6.07) is 5.84. The van der Waals surface area contributed by atoms with Gasteiger partial charge >= 0.3 is 11.9 Å². The van der Waals surface area contributed by atoms with Crippen LogP contribution in [0.25, 0.3) is 0 Å². The third-order valence-electron chi connectivity index (χ3n) is 4.47. The van der Waals surface area contributed by atoms with Crippen molar-refractivity contribution in [1.29, 1.82) is 0 Å². The second-order valence-corrected chi connectivity index (χ2v) is 7.68. The van der Waals surface area contributed by atoms with Gasteiger partial charge in [0.1, 0.15) is 6.61 Å². The van der Waals surface area contributed by atoms with Crippen LogP contribution in [0.5, 0.6) is 0 Å². The molecule has 162 valence electrons. The molecule has 1 heterocycles. The molecule has 1 N–H and O–H groups in total. The van der Waals surface area contributed by atoms with Gasteiger partial charge in [-0.1, -0.05) is 26.0 Å². The number of nitro benzene ring substituents is 1. The molecule has 1 aromatic rings. The molecule has 1 aliphatic heterocycles. The number of rotatable bonds is 8. The number of non-ortho nitro benzene ring substituents is 1. The molecule has 0 fully saturated rings. The number of nitrogens with zero attached hydrogens (tertiary/aromatic N) is 1. The summed E-state index contributed by atoms with van der Waals surface area (Å²) in [5, 5.41) is 14.3. The van der Waals surface area contributed by atoms with Crippen LogP contribution >= 0.6 is 11.6 Å². The number of benzene rings is 1. The Morgan fingerprint density at radius 2 is 1.77 bits per heavy atom. The molecule has 9 heteroatoms. The second kappa shape index (κ2) is 10.2. The van der Waals surface area contributed by atoms with Gasteiger partial charge in [-0.2, -0.15) is 0 Å². The molecule has 0 amide bonds. The molecule has 0 saturated heterocycles. The number of dihydropyridines is 1. The number of carbonyl (C=O) groups is 2. The van der Waals surface area contributed by atoms with E-state index >= 15 is 0 Å². The zero-order valence-corrected chi connectivity index (χ0v) is 18.1. The number of hydrogen-bond acceptors (Lipinski definition) is 7. The largest absolute Gasteiger partial charge is 0.462 e. The zero-order valence-electron chi connectivity index (χ0n) is 17.4. The molecule has 8 nitrogen and oxygen atoms in total. The summed E-state index contributed by atoms with van der Waals surface area (Å²) < 4.78 is 10.6. The lowest BCUT2D eigenvalue weighted by Crippen LogP contribution is -2.33. The fraction of sp³-hybridized carbons (Fsp3) is 0.429. The van der Waals surface area contributed by atoms with Crippen LogP contribution in [0.4, 0.5) is 5.69 Å². The second-order valence-electron chi connectivity index (χ2n) is 7.30. The van der Waals surface area contributed by atoms with Crippen LogP contribution in [-0.4, -0.2) is 36.0 Å². The van der Waals surface area contributed by atoms with Gasteiger partial charge in [0.25, 0.3) is 5.69 Å². The van der Waals surface area contributed by atoms with E-state index in [2.05, 4.69) is 5.32 Å². The van der Waals surface area contributed by atoms with Gasteiger partial charge < -0.3 is 14.8 Å². The Bertz CT molecular complexity index is 907. The average Bonchev–Trinajstić information content (AvgIpc) is 2.69. The Morgan fingerprint density at radius 3 is 2.30 bits per heavy atom. The van der Waals surface area contributed by atoms with Crippen LogP contribution in [-0.2, 0) is 19.1 Å². The van der Waals surface area contributed by atoms with Crippen LogP contribution < -0.4 is 5.32 Å². The molecule has 0 aromatic heterocycles. The van der Waals surface area contributed by atoms with Crippen molar-refractivity contribution in [2.75, 3.05) is 19.1 Å². The SMILES string of the molecule is CC1=C(C(=O)OCCCl)C(c2cccc([N+](=O)[O-])c2)C(C(=O)OCC(C)C)=C(C)N1. The summed E-state index contributed by atoms with van der Waals surface area (Å²) in [6.07, 6.45) is 0. The molecule has 0 radical (unpaired) electrons. The highest BCUT2D eigenvalue weighted by molar-refractivity contribution is 6.18. The Kier molecular flexibility index (Phi) is 8.00. The minimum absolute atomic E-state index is 0.00531. The molecule has 0 aliphatic carbocycles. The highest BCUT2D eigenvalue weighted by Gasteiger charge is 2.38. The maximum atomic E-state index is 13.0. The van der Waals surface area contributed by atoms with Crippen LogP contribution in [0.3, 0.4) is 0 Å². The fourth-order valence-electron chi connectivity index (χ4n) is 3.22. The van der Waals surface area contributed by atoms with Crippen molar-refractivity contribution >= 4 is 29.2 Å². The van der Waals surface area contributed by atoms with Crippen molar-refractivity contribution in [2.24, 2.45) is 5.92 Å². The number of halogens is 1. The van der Waals surface area contributed by atoms with Gasteiger partial charge in [-0.15, -0.1) is 11.6 Å². The van der Waals surface area contributed by atoms with E-state index in [4.69, 9.17) is 21.1 Å². The lowest BCUT2D eigenvalue weighted by atomic mass is 9.80. The smallest absolute Gasteiger partial charge is 0.336 e. The topological polar surface area (TPSA) is 108 Å². The quantitative estimate of drug-likeness (QED) is 0.285. The molecule has 0 spiro atoms. The summed E-state index contributed by atoms with van der Waals surface area (Å²) in [5.74, 6) is -1.90. The zero-order chi connectivity index (χ0) is 22.4. The van der Waals surface area contributed by atoms with E-state index in [0.717, 1.165) is 0 Å². The number of hydrogen-bond donors (Lipinski definition) is 1. The number of carbonyl (C=O) groups excluding carboxylic acids is 2. The average molecular weight is 437 g/mol. The van der Waals surface area contributed by atoms with Crippen molar-refractivity contribution in [3.63, 3.8) is 0 Å². The maximum Gasteiger partial charge on any atom is 0.336 e. The Balaban J connectivity index is 2.60. The van der Waals surface area contributed by atoms with Crippen molar-refractivity contribution in [2.45, 2.75) is 33.6 Å². The van der Waals surface area contributed by atoms with E-state index in [0.29, 0.717) is 17.0 Å². The number of nitro groups is 1. The predicted octanol–water partition coefficient (Wildman–Crippen LogP) is 3.81. The Morgan fingerprint density at radius 1 is 1.17 bits per heavy atom. The first kappa shape index (κ1) is 23.4. The molecular formula is C21H25ClN2O6. The monoisotopic (exact) mass is 436 g/mol. The molecule has 1 unspecified atom stereocenters. The molecular weight excluding hydrogens is 412 g/mol. The molecule has 1 aromatic carbocycles. The molecule has 30 heavy (non-hydrogen) atoms. The van der Waals surface area contributed by atoms with E-state index in [1.165, 1.54) is 18.2 Å². The summed E-state index contributed by atoms with van der Waals surface area (Å²) in [5.41, 5.74) is 1.65. The van der Waals surface area contributed by atoms with E-state index in [-0.39, 0.29) is 41.8 Å². The number of alkyl halides is 1. The first-order valence-electron chi connectivity index (χ1n) is 9.50. The van der Waals surface area contributed by atoms with Crippen LogP contribution in [0.1, 0.15) is 39.2 Å². The third kappa shape index (κ3) is 5.38. The summed E-state index contributed by atoms with van der Waals surface area (Å²) in [4.78, 5) is 36.5. The lowest BCUT2D eigenvalue weighted by molar-refractivity contribution is -0.384. The Hall–Kier alpha value is -2.87. The summed E-state index contributed by atoms with van der Waals surface area (Å²) >= 11 is 5.64. The highest BCUT2D eigenvalue weighted by atomic mass is 35.5. The van der Waals surface area contributed by atoms with E-state index in [1.807, 2.05) is 13.8 Å². The molecule has 2 rings (SSSR count). The van der Waals surface area contributed by atoms with E-state index in [9.17, 15) is 19.7 Å². The first-order chi connectivity index (χ1) is 14.2. The number of esters is 2. The molecule has 0 saturated carbocycles. The van der Waals surface area contributed by atoms with Crippen LogP contribution in [0, 0.1) is 16.0 Å². The predicted molar refractivity (Wildman–Crippen MR) is 112 cm³/mol. The van der Waals surface area contributed by atoms with Gasteiger partial charge in [0.15, 0.2) is 0 Å². The van der Waals surface area contributed by atoms with E-state index in [1.54, 1.807) is 19.9 Å². The third-order valence-corrected chi connectivity index (χ3v) is 4.63. The summed E-state index contributed by atoms with van der Waals surface area (Å²) in [6.45, 7) is 7.39. The lowest BCUT2D eigenvalue weighted by Gasteiger charge is -2.30. The number of allylic oxidation sites excluding steroid dienone is 2. The number of nitrogens with one attached hydrogen (secondary N) is 1. The van der Waals surface area contributed by atoms with Crippen molar-refractivity contribution in [3.8, 4) is 0 Å². The van der Waals surface area contributed by atoms with Gasteiger partial charge in [0.2, 0.25) is 0 Å². The summed E-state index contributed by atoms with van der Waals surface area (Å²) in [7, 11) is 0. The van der Waals surface area contributed by atoms with Gasteiger partial charge in [-0.3, -0.25) is 10.1 Å². The van der Waals surface area contributed by atoms with Gasteiger partial charge in [0.05, 0.1) is 34.5 Å². The number of ether oxygens (including phenoxy) is 2.